The minimum atomic E-state index is -0.543. The number of para-hydroxylation sites is 1. The Balaban J connectivity index is 1.58. The molecule has 9 nitrogen and oxygen atoms in total. The number of hydrogen-bond acceptors (Lipinski definition) is 6. The predicted molar refractivity (Wildman–Crippen MR) is 125 cm³/mol. The number of aryl methyl sites for hydroxylation is 1. The third kappa shape index (κ3) is 6.23. The SMILES string of the molecule is Cc1cccc(NC(=O)COc2ccccc2/C=N/NC(=O)c2ccc([N+](=O)[O-])cc2)c1C. The Morgan fingerprint density at radius 1 is 1.03 bits per heavy atom. The number of non-ortho nitro benzene ring substituents is 1. The van der Waals surface area contributed by atoms with E-state index < -0.39 is 10.8 Å². The second kappa shape index (κ2) is 10.7. The molecular weight excluding hydrogens is 424 g/mol. The third-order valence-corrected chi connectivity index (χ3v) is 4.87. The lowest BCUT2D eigenvalue weighted by Gasteiger charge is -2.12. The van der Waals surface area contributed by atoms with Crippen molar-refractivity contribution >= 4 is 29.4 Å². The molecule has 2 amide bonds. The van der Waals surface area contributed by atoms with Crippen molar-refractivity contribution in [2.45, 2.75) is 13.8 Å². The Labute approximate surface area is 190 Å². The zero-order valence-corrected chi connectivity index (χ0v) is 18.1. The van der Waals surface area contributed by atoms with Gasteiger partial charge in [-0.05, 0) is 55.3 Å². The van der Waals surface area contributed by atoms with Crippen molar-refractivity contribution in [1.29, 1.82) is 0 Å². The van der Waals surface area contributed by atoms with Crippen molar-refractivity contribution in [3.8, 4) is 5.75 Å². The first-order chi connectivity index (χ1) is 15.8. The maximum Gasteiger partial charge on any atom is 0.271 e. The molecule has 168 valence electrons. The van der Waals surface area contributed by atoms with Crippen LogP contribution in [-0.4, -0.2) is 29.6 Å². The quantitative estimate of drug-likeness (QED) is 0.308. The number of amides is 2. The van der Waals surface area contributed by atoms with E-state index in [4.69, 9.17) is 4.74 Å². The van der Waals surface area contributed by atoms with Gasteiger partial charge in [0.15, 0.2) is 6.61 Å². The second-order valence-corrected chi connectivity index (χ2v) is 7.13. The highest BCUT2D eigenvalue weighted by Crippen LogP contribution is 2.19. The van der Waals surface area contributed by atoms with Crippen LogP contribution in [-0.2, 0) is 4.79 Å². The average Bonchev–Trinajstić information content (AvgIpc) is 2.81. The molecule has 0 heterocycles. The van der Waals surface area contributed by atoms with E-state index in [1.54, 1.807) is 24.3 Å². The van der Waals surface area contributed by atoms with Crippen molar-refractivity contribution in [2.24, 2.45) is 5.10 Å². The van der Waals surface area contributed by atoms with E-state index in [1.807, 2.05) is 32.0 Å². The van der Waals surface area contributed by atoms with E-state index >= 15 is 0 Å². The molecule has 0 saturated carbocycles. The first kappa shape index (κ1) is 23.1. The van der Waals surface area contributed by atoms with Crippen molar-refractivity contribution in [3.63, 3.8) is 0 Å². The van der Waals surface area contributed by atoms with Crippen LogP contribution < -0.4 is 15.5 Å². The summed E-state index contributed by atoms with van der Waals surface area (Å²) in [6, 6.07) is 17.8. The first-order valence-electron chi connectivity index (χ1n) is 10.0. The molecule has 0 aliphatic heterocycles. The van der Waals surface area contributed by atoms with Crippen molar-refractivity contribution < 1.29 is 19.2 Å². The summed E-state index contributed by atoms with van der Waals surface area (Å²) >= 11 is 0. The van der Waals surface area contributed by atoms with E-state index in [9.17, 15) is 19.7 Å². The van der Waals surface area contributed by atoms with Crippen molar-refractivity contribution in [2.75, 3.05) is 11.9 Å². The topological polar surface area (TPSA) is 123 Å². The van der Waals surface area contributed by atoms with E-state index in [0.717, 1.165) is 16.8 Å². The fourth-order valence-electron chi connectivity index (χ4n) is 2.89. The van der Waals surface area contributed by atoms with E-state index in [2.05, 4.69) is 15.8 Å². The number of ether oxygens (including phenoxy) is 1. The van der Waals surface area contributed by atoms with E-state index in [0.29, 0.717) is 11.3 Å². The summed E-state index contributed by atoms with van der Waals surface area (Å²) in [6.45, 7) is 3.70. The van der Waals surface area contributed by atoms with Gasteiger partial charge in [-0.1, -0.05) is 24.3 Å². The fourth-order valence-corrected chi connectivity index (χ4v) is 2.89. The lowest BCUT2D eigenvalue weighted by atomic mass is 10.1. The molecule has 3 aromatic carbocycles. The molecule has 0 unspecified atom stereocenters. The fraction of sp³-hybridized carbons (Fsp3) is 0.125. The van der Waals surface area contributed by atoms with Crippen LogP contribution in [0.3, 0.4) is 0 Å². The van der Waals surface area contributed by atoms with Gasteiger partial charge in [0.25, 0.3) is 17.5 Å². The Hall–Kier alpha value is -4.53. The third-order valence-electron chi connectivity index (χ3n) is 4.87. The lowest BCUT2D eigenvalue weighted by molar-refractivity contribution is -0.384. The van der Waals surface area contributed by atoms with Gasteiger partial charge < -0.3 is 10.1 Å². The minimum Gasteiger partial charge on any atom is -0.483 e. The summed E-state index contributed by atoms with van der Waals surface area (Å²) in [5.74, 6) is -0.406. The van der Waals surface area contributed by atoms with Crippen molar-refractivity contribution in [3.05, 3.63) is 99.1 Å². The number of hydrazone groups is 1. The standard InChI is InChI=1S/C24H22N4O5/c1-16-6-5-8-21(17(16)2)26-23(29)15-33-22-9-4-3-7-19(22)14-25-27-24(30)18-10-12-20(13-11-18)28(31)32/h3-14H,15H2,1-2H3,(H,26,29)(H,27,30)/b25-14+. The van der Waals surface area contributed by atoms with Gasteiger partial charge in [-0.2, -0.15) is 5.10 Å². The molecule has 0 aliphatic carbocycles. The summed E-state index contributed by atoms with van der Waals surface area (Å²) in [5, 5.41) is 17.4. The molecule has 3 rings (SSSR count). The Kier molecular flexibility index (Phi) is 7.48. The van der Waals surface area contributed by atoms with E-state index in [-0.39, 0.29) is 23.8 Å². The van der Waals surface area contributed by atoms with Gasteiger partial charge in [-0.3, -0.25) is 19.7 Å². The van der Waals surface area contributed by atoms with Crippen LogP contribution in [0.15, 0.2) is 71.8 Å². The predicted octanol–water partition coefficient (Wildman–Crippen LogP) is 3.99. The summed E-state index contributed by atoms with van der Waals surface area (Å²) in [5.41, 5.74) is 5.83. The molecule has 9 heteroatoms. The molecule has 0 fully saturated rings. The van der Waals surface area contributed by atoms with Gasteiger partial charge in [0.05, 0.1) is 11.1 Å². The number of nitrogens with one attached hydrogen (secondary N) is 2. The van der Waals surface area contributed by atoms with Gasteiger partial charge >= 0.3 is 0 Å². The number of benzene rings is 3. The van der Waals surface area contributed by atoms with E-state index in [1.165, 1.54) is 30.5 Å². The van der Waals surface area contributed by atoms with Gasteiger partial charge in [-0.25, -0.2) is 5.43 Å². The second-order valence-electron chi connectivity index (χ2n) is 7.13. The molecule has 0 atom stereocenters. The maximum atomic E-state index is 12.3. The number of hydrogen-bond donors (Lipinski definition) is 2. The molecule has 0 radical (unpaired) electrons. The molecule has 0 bridgehead atoms. The summed E-state index contributed by atoms with van der Waals surface area (Å²) < 4.78 is 5.64. The Bertz CT molecular complexity index is 1210. The smallest absolute Gasteiger partial charge is 0.271 e. The average molecular weight is 446 g/mol. The molecule has 33 heavy (non-hydrogen) atoms. The molecular formula is C24H22N4O5. The number of nitro benzene ring substituents is 1. The minimum absolute atomic E-state index is 0.109. The first-order valence-corrected chi connectivity index (χ1v) is 10.0. The van der Waals surface area contributed by atoms with Gasteiger partial charge in [0.2, 0.25) is 0 Å². The molecule has 0 saturated heterocycles. The van der Waals surface area contributed by atoms with Gasteiger partial charge in [0, 0.05) is 28.9 Å². The van der Waals surface area contributed by atoms with Crippen LogP contribution in [0.4, 0.5) is 11.4 Å². The van der Waals surface area contributed by atoms with Crippen LogP contribution in [0.25, 0.3) is 0 Å². The number of nitro groups is 1. The lowest BCUT2D eigenvalue weighted by Crippen LogP contribution is -2.21. The van der Waals surface area contributed by atoms with Crippen LogP contribution in [0.1, 0.15) is 27.0 Å². The summed E-state index contributed by atoms with van der Waals surface area (Å²) in [7, 11) is 0. The number of carbonyl (C=O) groups excluding carboxylic acids is 2. The maximum absolute atomic E-state index is 12.3. The van der Waals surface area contributed by atoms with Gasteiger partial charge in [0.1, 0.15) is 5.75 Å². The number of anilines is 1. The highest BCUT2D eigenvalue weighted by Gasteiger charge is 2.10. The van der Waals surface area contributed by atoms with Crippen LogP contribution in [0, 0.1) is 24.0 Å². The highest BCUT2D eigenvalue weighted by atomic mass is 16.6. The normalized spacial score (nSPS) is 10.6. The number of carbonyl (C=O) groups is 2. The van der Waals surface area contributed by atoms with Crippen LogP contribution >= 0.6 is 0 Å². The Morgan fingerprint density at radius 3 is 2.48 bits per heavy atom. The molecule has 3 aromatic rings. The number of rotatable bonds is 8. The summed E-state index contributed by atoms with van der Waals surface area (Å²) in [6.07, 6.45) is 1.39. The largest absolute Gasteiger partial charge is 0.483 e. The zero-order chi connectivity index (χ0) is 23.8. The molecule has 0 aromatic heterocycles. The molecule has 2 N–H and O–H groups in total. The zero-order valence-electron chi connectivity index (χ0n) is 18.1. The van der Waals surface area contributed by atoms with Gasteiger partial charge in [-0.15, -0.1) is 0 Å². The monoisotopic (exact) mass is 446 g/mol. The van der Waals surface area contributed by atoms with Crippen LogP contribution in [0.2, 0.25) is 0 Å². The Morgan fingerprint density at radius 2 is 1.76 bits per heavy atom. The van der Waals surface area contributed by atoms with Crippen LogP contribution in [0.5, 0.6) is 5.75 Å². The molecule has 0 aliphatic rings. The highest BCUT2D eigenvalue weighted by molar-refractivity contribution is 5.95. The van der Waals surface area contributed by atoms with Crippen molar-refractivity contribution in [1.82, 2.24) is 5.43 Å². The molecule has 0 spiro atoms. The summed E-state index contributed by atoms with van der Waals surface area (Å²) in [4.78, 5) is 34.6. The number of nitrogens with zero attached hydrogens (tertiary/aromatic N) is 2.